The maximum Gasteiger partial charge on any atom is 0.308 e. The first-order valence-corrected chi connectivity index (χ1v) is 9.73. The molecule has 0 unspecified atom stereocenters. The standard InChI is InChI=1S/C22H22N2O4S/c1-5-15-6-8-16(9-7-15)13-24-14(2)20(29-22(24)26)21(25)23-17-10-11-18(27-3)19(12-17)28-4/h5-12H,1,13H2,2-4H3,(H,23,25). The predicted molar refractivity (Wildman–Crippen MR) is 116 cm³/mol. The third-order valence-electron chi connectivity index (χ3n) is 4.55. The second-order valence-electron chi connectivity index (χ2n) is 6.34. The second kappa shape index (κ2) is 8.79. The molecule has 0 aliphatic carbocycles. The Morgan fingerprint density at radius 2 is 1.83 bits per heavy atom. The van der Waals surface area contributed by atoms with Crippen molar-refractivity contribution in [3.05, 3.63) is 80.4 Å². The minimum atomic E-state index is -0.336. The first-order valence-electron chi connectivity index (χ1n) is 8.91. The number of nitrogens with one attached hydrogen (secondary N) is 1. The summed E-state index contributed by atoms with van der Waals surface area (Å²) in [7, 11) is 3.08. The van der Waals surface area contributed by atoms with Crippen LogP contribution in [0.3, 0.4) is 0 Å². The largest absolute Gasteiger partial charge is 0.493 e. The van der Waals surface area contributed by atoms with Crippen molar-refractivity contribution in [1.29, 1.82) is 0 Å². The molecular formula is C22H22N2O4S. The Bertz CT molecular complexity index is 1100. The number of hydrogen-bond acceptors (Lipinski definition) is 5. The average Bonchev–Trinajstić information content (AvgIpc) is 3.02. The lowest BCUT2D eigenvalue weighted by Crippen LogP contribution is -2.16. The number of amides is 1. The van der Waals surface area contributed by atoms with Crippen molar-refractivity contribution < 1.29 is 14.3 Å². The zero-order chi connectivity index (χ0) is 21.0. The zero-order valence-corrected chi connectivity index (χ0v) is 17.3. The fourth-order valence-corrected chi connectivity index (χ4v) is 3.80. The van der Waals surface area contributed by atoms with Gasteiger partial charge in [0.2, 0.25) is 0 Å². The van der Waals surface area contributed by atoms with Crippen molar-refractivity contribution in [2.75, 3.05) is 19.5 Å². The highest BCUT2D eigenvalue weighted by atomic mass is 32.1. The molecule has 0 aliphatic heterocycles. The third kappa shape index (κ3) is 4.41. The van der Waals surface area contributed by atoms with E-state index in [2.05, 4.69) is 11.9 Å². The monoisotopic (exact) mass is 410 g/mol. The Labute approximate surface area is 173 Å². The van der Waals surface area contributed by atoms with E-state index in [4.69, 9.17) is 9.47 Å². The average molecular weight is 410 g/mol. The molecule has 29 heavy (non-hydrogen) atoms. The van der Waals surface area contributed by atoms with Crippen LogP contribution in [0.4, 0.5) is 5.69 Å². The van der Waals surface area contributed by atoms with Crippen LogP contribution in [0.1, 0.15) is 26.5 Å². The molecule has 1 aromatic heterocycles. The van der Waals surface area contributed by atoms with E-state index in [0.717, 1.165) is 22.5 Å². The summed E-state index contributed by atoms with van der Waals surface area (Å²) in [5.41, 5.74) is 3.17. The number of nitrogens with zero attached hydrogens (tertiary/aromatic N) is 1. The molecule has 7 heteroatoms. The Morgan fingerprint density at radius 1 is 1.14 bits per heavy atom. The topological polar surface area (TPSA) is 69.6 Å². The SMILES string of the molecule is C=Cc1ccc(Cn2c(C)c(C(=O)Nc3ccc(OC)c(OC)c3)sc2=O)cc1. The number of hydrogen-bond donors (Lipinski definition) is 1. The van der Waals surface area contributed by atoms with E-state index in [1.54, 1.807) is 42.9 Å². The van der Waals surface area contributed by atoms with Gasteiger partial charge < -0.3 is 14.8 Å². The molecule has 0 atom stereocenters. The Kier molecular flexibility index (Phi) is 6.19. The van der Waals surface area contributed by atoms with Crippen LogP contribution in [-0.4, -0.2) is 24.7 Å². The highest BCUT2D eigenvalue weighted by molar-refractivity contribution is 7.11. The van der Waals surface area contributed by atoms with Crippen LogP contribution in [0, 0.1) is 6.92 Å². The number of thiazole rings is 1. The summed E-state index contributed by atoms with van der Waals surface area (Å²) >= 11 is 0.936. The lowest BCUT2D eigenvalue weighted by atomic mass is 10.1. The van der Waals surface area contributed by atoms with Gasteiger partial charge in [-0.15, -0.1) is 0 Å². The van der Waals surface area contributed by atoms with Crippen LogP contribution in [-0.2, 0) is 6.54 Å². The van der Waals surface area contributed by atoms with E-state index in [9.17, 15) is 9.59 Å². The molecule has 0 bridgehead atoms. The van der Waals surface area contributed by atoms with Crippen molar-refractivity contribution in [3.8, 4) is 11.5 Å². The normalized spacial score (nSPS) is 10.4. The zero-order valence-electron chi connectivity index (χ0n) is 16.5. The van der Waals surface area contributed by atoms with Gasteiger partial charge in [-0.25, -0.2) is 0 Å². The van der Waals surface area contributed by atoms with Crippen LogP contribution in [0.15, 0.2) is 53.8 Å². The number of carbonyl (C=O) groups is 1. The minimum Gasteiger partial charge on any atom is -0.493 e. The number of benzene rings is 2. The Balaban J connectivity index is 1.82. The number of carbonyl (C=O) groups excluding carboxylic acids is 1. The fraction of sp³-hybridized carbons (Fsp3) is 0.182. The van der Waals surface area contributed by atoms with Gasteiger partial charge in [0.1, 0.15) is 4.88 Å². The number of ether oxygens (including phenoxy) is 2. The molecule has 0 saturated heterocycles. The van der Waals surface area contributed by atoms with Gasteiger partial charge in [0.05, 0.1) is 20.8 Å². The summed E-state index contributed by atoms with van der Waals surface area (Å²) in [6.45, 7) is 5.92. The summed E-state index contributed by atoms with van der Waals surface area (Å²) in [5, 5.41) is 2.82. The highest BCUT2D eigenvalue weighted by Crippen LogP contribution is 2.30. The van der Waals surface area contributed by atoms with E-state index < -0.39 is 0 Å². The molecule has 2 aromatic carbocycles. The van der Waals surface area contributed by atoms with E-state index >= 15 is 0 Å². The van der Waals surface area contributed by atoms with Crippen molar-refractivity contribution in [2.45, 2.75) is 13.5 Å². The number of anilines is 1. The van der Waals surface area contributed by atoms with Crippen LogP contribution in [0.25, 0.3) is 6.08 Å². The molecule has 0 aliphatic rings. The van der Waals surface area contributed by atoms with Crippen LogP contribution in [0.2, 0.25) is 0 Å². The molecule has 1 heterocycles. The van der Waals surface area contributed by atoms with E-state index in [1.165, 1.54) is 7.11 Å². The van der Waals surface area contributed by atoms with Gasteiger partial charge in [-0.1, -0.05) is 48.3 Å². The molecule has 1 N–H and O–H groups in total. The van der Waals surface area contributed by atoms with Gasteiger partial charge in [-0.3, -0.25) is 14.2 Å². The number of rotatable bonds is 7. The molecule has 0 fully saturated rings. The summed E-state index contributed by atoms with van der Waals surface area (Å²) in [5.74, 6) is 0.744. The van der Waals surface area contributed by atoms with Crippen molar-refractivity contribution >= 4 is 29.0 Å². The van der Waals surface area contributed by atoms with E-state index in [-0.39, 0.29) is 10.8 Å². The summed E-state index contributed by atoms with van der Waals surface area (Å²) in [6.07, 6.45) is 1.77. The number of methoxy groups -OCH3 is 2. The predicted octanol–water partition coefficient (Wildman–Crippen LogP) is 4.18. The molecular weight excluding hydrogens is 388 g/mol. The second-order valence-corrected chi connectivity index (χ2v) is 7.30. The molecule has 6 nitrogen and oxygen atoms in total. The summed E-state index contributed by atoms with van der Waals surface area (Å²) in [6, 6.07) is 12.9. The summed E-state index contributed by atoms with van der Waals surface area (Å²) < 4.78 is 12.1. The van der Waals surface area contributed by atoms with E-state index in [0.29, 0.717) is 34.3 Å². The third-order valence-corrected chi connectivity index (χ3v) is 5.63. The highest BCUT2D eigenvalue weighted by Gasteiger charge is 2.18. The van der Waals surface area contributed by atoms with Gasteiger partial charge in [-0.2, -0.15) is 0 Å². The minimum absolute atomic E-state index is 0.173. The van der Waals surface area contributed by atoms with Gasteiger partial charge in [-0.05, 0) is 30.2 Å². The number of aromatic nitrogens is 1. The molecule has 0 spiro atoms. The van der Waals surface area contributed by atoms with Crippen molar-refractivity contribution in [3.63, 3.8) is 0 Å². The maximum absolute atomic E-state index is 12.8. The van der Waals surface area contributed by atoms with Crippen molar-refractivity contribution in [2.24, 2.45) is 0 Å². The Hall–Kier alpha value is -3.32. The van der Waals surface area contributed by atoms with E-state index in [1.807, 2.05) is 24.3 Å². The molecule has 3 rings (SSSR count). The first-order chi connectivity index (χ1) is 14.0. The lowest BCUT2D eigenvalue weighted by Gasteiger charge is -2.10. The molecule has 1 amide bonds. The summed E-state index contributed by atoms with van der Waals surface area (Å²) in [4.78, 5) is 25.4. The Morgan fingerprint density at radius 3 is 2.45 bits per heavy atom. The lowest BCUT2D eigenvalue weighted by molar-refractivity contribution is 0.102. The first kappa shape index (κ1) is 20.4. The van der Waals surface area contributed by atoms with Gasteiger partial charge in [0.15, 0.2) is 11.5 Å². The molecule has 150 valence electrons. The smallest absolute Gasteiger partial charge is 0.308 e. The van der Waals surface area contributed by atoms with Gasteiger partial charge >= 0.3 is 4.87 Å². The molecule has 0 radical (unpaired) electrons. The van der Waals surface area contributed by atoms with Crippen molar-refractivity contribution in [1.82, 2.24) is 4.57 Å². The fourth-order valence-electron chi connectivity index (χ4n) is 2.91. The van der Waals surface area contributed by atoms with Gasteiger partial charge in [0.25, 0.3) is 5.91 Å². The molecule has 0 saturated carbocycles. The molecule has 3 aromatic rings. The van der Waals surface area contributed by atoms with Crippen LogP contribution >= 0.6 is 11.3 Å². The maximum atomic E-state index is 12.8. The van der Waals surface area contributed by atoms with Gasteiger partial charge in [0, 0.05) is 17.4 Å². The quantitative estimate of drug-likeness (QED) is 0.634. The van der Waals surface area contributed by atoms with Crippen LogP contribution in [0.5, 0.6) is 11.5 Å². The van der Waals surface area contributed by atoms with Crippen LogP contribution < -0.4 is 19.7 Å².